The summed E-state index contributed by atoms with van der Waals surface area (Å²) in [4.78, 5) is 30.5. The molecule has 3 rings (SSSR count). The van der Waals surface area contributed by atoms with Gasteiger partial charge in [0, 0.05) is 30.8 Å². The summed E-state index contributed by atoms with van der Waals surface area (Å²) in [6.45, 7) is 1.10. The van der Waals surface area contributed by atoms with Crippen LogP contribution >= 0.6 is 0 Å². The Bertz CT molecular complexity index is 741. The Morgan fingerprint density at radius 3 is 2.52 bits per heavy atom. The van der Waals surface area contributed by atoms with E-state index in [4.69, 9.17) is 0 Å². The van der Waals surface area contributed by atoms with Crippen LogP contribution in [0.1, 0.15) is 18.4 Å². The van der Waals surface area contributed by atoms with Crippen molar-refractivity contribution in [1.29, 1.82) is 0 Å². The number of benzene rings is 1. The smallest absolute Gasteiger partial charge is 0.228 e. The van der Waals surface area contributed by atoms with Crippen LogP contribution in [0.15, 0.2) is 48.7 Å². The monoisotopic (exact) mass is 339 g/mol. The number of nitrogens with zero attached hydrogens (tertiary/aromatic N) is 2. The number of pyridine rings is 1. The topological polar surface area (TPSA) is 82.5 Å². The van der Waals surface area contributed by atoms with Gasteiger partial charge in [-0.3, -0.25) is 9.59 Å². The molecule has 6 nitrogen and oxygen atoms in total. The van der Waals surface area contributed by atoms with Gasteiger partial charge in [-0.2, -0.15) is 0 Å². The zero-order chi connectivity index (χ0) is 17.6. The molecule has 1 aliphatic rings. The van der Waals surface area contributed by atoms with Gasteiger partial charge in [0.1, 0.15) is 11.6 Å². The lowest BCUT2D eigenvalue weighted by molar-refractivity contribution is -0.133. The number of carbonyl (C=O) groups excluding carboxylic acids is 2. The maximum Gasteiger partial charge on any atom is 0.228 e. The molecule has 2 aromatic rings. The number of anilines is 1. The number of aromatic nitrogens is 1. The first-order valence-electron chi connectivity index (χ1n) is 8.40. The minimum Gasteiger partial charge on any atom is -0.508 e. The molecule has 0 atom stereocenters. The number of amides is 2. The maximum absolute atomic E-state index is 12.4. The fourth-order valence-corrected chi connectivity index (χ4v) is 2.99. The quantitative estimate of drug-likeness (QED) is 0.895. The van der Waals surface area contributed by atoms with Gasteiger partial charge in [0.15, 0.2) is 0 Å². The first kappa shape index (κ1) is 17.0. The lowest BCUT2D eigenvalue weighted by atomic mass is 9.95. The molecule has 0 spiro atoms. The largest absolute Gasteiger partial charge is 0.508 e. The van der Waals surface area contributed by atoms with Gasteiger partial charge in [-0.1, -0.05) is 24.3 Å². The van der Waals surface area contributed by atoms with E-state index >= 15 is 0 Å². The maximum atomic E-state index is 12.4. The number of para-hydroxylation sites is 1. The predicted octanol–water partition coefficient (Wildman–Crippen LogP) is 2.21. The summed E-state index contributed by atoms with van der Waals surface area (Å²) in [5, 5.41) is 12.6. The van der Waals surface area contributed by atoms with E-state index < -0.39 is 0 Å². The molecule has 0 bridgehead atoms. The van der Waals surface area contributed by atoms with Crippen LogP contribution in [0.4, 0.5) is 5.82 Å². The molecule has 0 saturated carbocycles. The Balaban J connectivity index is 1.50. The third kappa shape index (κ3) is 4.35. The zero-order valence-corrected chi connectivity index (χ0v) is 13.9. The van der Waals surface area contributed by atoms with E-state index in [1.54, 1.807) is 47.5 Å². The van der Waals surface area contributed by atoms with Gasteiger partial charge in [-0.15, -0.1) is 0 Å². The predicted molar refractivity (Wildman–Crippen MR) is 94.0 cm³/mol. The van der Waals surface area contributed by atoms with Crippen LogP contribution in [0.3, 0.4) is 0 Å². The van der Waals surface area contributed by atoms with Crippen LogP contribution < -0.4 is 5.32 Å². The zero-order valence-electron chi connectivity index (χ0n) is 13.9. The number of rotatable bonds is 4. The van der Waals surface area contributed by atoms with Crippen LogP contribution in [0, 0.1) is 5.92 Å². The minimum atomic E-state index is -0.115. The van der Waals surface area contributed by atoms with E-state index in [9.17, 15) is 14.7 Å². The van der Waals surface area contributed by atoms with Gasteiger partial charge in [0.05, 0.1) is 6.42 Å². The third-order valence-electron chi connectivity index (χ3n) is 4.47. The van der Waals surface area contributed by atoms with E-state index in [1.807, 2.05) is 6.07 Å². The highest BCUT2D eigenvalue weighted by Gasteiger charge is 2.27. The van der Waals surface area contributed by atoms with E-state index in [-0.39, 0.29) is 29.9 Å². The van der Waals surface area contributed by atoms with E-state index in [1.165, 1.54) is 0 Å². The number of aromatic hydroxyl groups is 1. The molecule has 1 fully saturated rings. The molecule has 2 amide bonds. The minimum absolute atomic E-state index is 0.0231. The Kier molecular flexibility index (Phi) is 5.28. The fraction of sp³-hybridized carbons (Fsp3) is 0.316. The molecule has 1 aromatic carbocycles. The standard InChI is InChI=1S/C19H21N3O3/c23-16-6-2-1-5-15(16)13-18(24)22-11-8-14(9-12-22)19(25)21-17-7-3-4-10-20-17/h1-7,10,14,23H,8-9,11-13H2,(H,20,21,25). The second-order valence-corrected chi connectivity index (χ2v) is 6.16. The number of phenolic OH excluding ortho intramolecular Hbond substituents is 1. The van der Waals surface area contributed by atoms with E-state index in [2.05, 4.69) is 10.3 Å². The van der Waals surface area contributed by atoms with Crippen LogP contribution in [0.2, 0.25) is 0 Å². The number of carbonyl (C=O) groups is 2. The highest BCUT2D eigenvalue weighted by atomic mass is 16.3. The Morgan fingerprint density at radius 1 is 1.12 bits per heavy atom. The van der Waals surface area contributed by atoms with Gasteiger partial charge in [-0.25, -0.2) is 4.98 Å². The average Bonchev–Trinajstić information content (AvgIpc) is 2.64. The first-order valence-corrected chi connectivity index (χ1v) is 8.40. The Labute approximate surface area is 146 Å². The fourth-order valence-electron chi connectivity index (χ4n) is 2.99. The molecule has 130 valence electrons. The number of piperidine rings is 1. The third-order valence-corrected chi connectivity index (χ3v) is 4.47. The average molecular weight is 339 g/mol. The lowest BCUT2D eigenvalue weighted by Gasteiger charge is -2.31. The van der Waals surface area contributed by atoms with Crippen molar-refractivity contribution in [2.75, 3.05) is 18.4 Å². The van der Waals surface area contributed by atoms with Gasteiger partial charge in [0.25, 0.3) is 0 Å². The summed E-state index contributed by atoms with van der Waals surface area (Å²) in [5.41, 5.74) is 0.627. The van der Waals surface area contributed by atoms with Crippen molar-refractivity contribution < 1.29 is 14.7 Å². The van der Waals surface area contributed by atoms with Gasteiger partial charge >= 0.3 is 0 Å². The summed E-state index contributed by atoms with van der Waals surface area (Å²) in [7, 11) is 0. The number of hydrogen-bond acceptors (Lipinski definition) is 4. The van der Waals surface area contributed by atoms with E-state index in [0.29, 0.717) is 37.3 Å². The van der Waals surface area contributed by atoms with Crippen molar-refractivity contribution in [3.63, 3.8) is 0 Å². The second kappa shape index (κ2) is 7.79. The van der Waals surface area contributed by atoms with Crippen molar-refractivity contribution in [3.8, 4) is 5.75 Å². The first-order chi connectivity index (χ1) is 12.1. The summed E-state index contributed by atoms with van der Waals surface area (Å²) in [6, 6.07) is 12.2. The van der Waals surface area contributed by atoms with Crippen molar-refractivity contribution in [2.45, 2.75) is 19.3 Å². The molecule has 0 aliphatic carbocycles. The molecule has 0 unspecified atom stereocenters. The molecular weight excluding hydrogens is 318 g/mol. The van der Waals surface area contributed by atoms with Crippen LogP contribution in [0.25, 0.3) is 0 Å². The number of nitrogens with one attached hydrogen (secondary N) is 1. The Morgan fingerprint density at radius 2 is 1.84 bits per heavy atom. The molecule has 6 heteroatoms. The highest BCUT2D eigenvalue weighted by molar-refractivity contribution is 5.91. The summed E-state index contributed by atoms with van der Waals surface area (Å²) in [6.07, 6.45) is 3.07. The van der Waals surface area contributed by atoms with Crippen molar-refractivity contribution in [2.24, 2.45) is 5.92 Å². The van der Waals surface area contributed by atoms with Crippen LogP contribution in [-0.2, 0) is 16.0 Å². The summed E-state index contributed by atoms with van der Waals surface area (Å²) >= 11 is 0. The van der Waals surface area contributed by atoms with Crippen molar-refractivity contribution >= 4 is 17.6 Å². The molecule has 1 aliphatic heterocycles. The summed E-state index contributed by atoms with van der Waals surface area (Å²) in [5.74, 6) is 0.499. The molecule has 0 radical (unpaired) electrons. The molecule has 1 saturated heterocycles. The number of phenols is 1. The Hall–Kier alpha value is -2.89. The van der Waals surface area contributed by atoms with E-state index in [0.717, 1.165) is 0 Å². The van der Waals surface area contributed by atoms with Gasteiger partial charge in [-0.05, 0) is 31.0 Å². The second-order valence-electron chi connectivity index (χ2n) is 6.16. The SMILES string of the molecule is O=C(Nc1ccccn1)C1CCN(C(=O)Cc2ccccc2O)CC1. The number of hydrogen-bond donors (Lipinski definition) is 2. The molecule has 25 heavy (non-hydrogen) atoms. The van der Waals surface area contributed by atoms with Gasteiger partial charge < -0.3 is 15.3 Å². The van der Waals surface area contributed by atoms with Gasteiger partial charge in [0.2, 0.25) is 11.8 Å². The summed E-state index contributed by atoms with van der Waals surface area (Å²) < 4.78 is 0. The van der Waals surface area contributed by atoms with Crippen molar-refractivity contribution in [1.82, 2.24) is 9.88 Å². The normalized spacial score (nSPS) is 15.0. The highest BCUT2D eigenvalue weighted by Crippen LogP contribution is 2.21. The molecular formula is C19H21N3O3. The number of likely N-dealkylation sites (tertiary alicyclic amines) is 1. The van der Waals surface area contributed by atoms with Crippen LogP contribution in [0.5, 0.6) is 5.75 Å². The molecule has 1 aromatic heterocycles. The molecule has 2 N–H and O–H groups in total. The van der Waals surface area contributed by atoms with Crippen LogP contribution in [-0.4, -0.2) is 39.9 Å². The van der Waals surface area contributed by atoms with Crippen molar-refractivity contribution in [3.05, 3.63) is 54.2 Å². The lowest BCUT2D eigenvalue weighted by Crippen LogP contribution is -2.42. The molecule has 2 heterocycles.